The molecular weight excluding hydrogens is 272 g/mol. The zero-order valence-electron chi connectivity index (χ0n) is 12.3. The van der Waals surface area contributed by atoms with E-state index in [1.54, 1.807) is 0 Å². The summed E-state index contributed by atoms with van der Waals surface area (Å²) in [5.41, 5.74) is 2.39. The van der Waals surface area contributed by atoms with Crippen molar-refractivity contribution < 1.29 is 8.42 Å². The molecule has 112 valence electrons. The zero-order chi connectivity index (χ0) is 14.6. The van der Waals surface area contributed by atoms with Crippen molar-refractivity contribution in [2.45, 2.75) is 26.3 Å². The fourth-order valence-electron chi connectivity index (χ4n) is 2.42. The quantitative estimate of drug-likeness (QED) is 0.902. The third-order valence-electron chi connectivity index (χ3n) is 3.80. The van der Waals surface area contributed by atoms with Gasteiger partial charge < -0.3 is 10.2 Å². The van der Waals surface area contributed by atoms with Crippen molar-refractivity contribution in [3.8, 4) is 0 Å². The topological polar surface area (TPSA) is 49.4 Å². The van der Waals surface area contributed by atoms with Crippen LogP contribution in [0.15, 0.2) is 24.3 Å². The van der Waals surface area contributed by atoms with Crippen LogP contribution in [0.25, 0.3) is 0 Å². The second kappa shape index (κ2) is 6.59. The highest BCUT2D eigenvalue weighted by Crippen LogP contribution is 2.20. The molecule has 1 N–H and O–H groups in total. The molecule has 1 saturated heterocycles. The standard InChI is InChI=1S/C15H24N2O2S/c1-3-8-16-13(2)14-4-6-15(7-5-14)17-9-11-20(18,19)12-10-17/h4-7,13,16H,3,8-12H2,1-2H3. The van der Waals surface area contributed by atoms with Gasteiger partial charge in [0.1, 0.15) is 0 Å². The summed E-state index contributed by atoms with van der Waals surface area (Å²) < 4.78 is 22.9. The smallest absolute Gasteiger partial charge is 0.153 e. The van der Waals surface area contributed by atoms with Gasteiger partial charge in [-0.2, -0.15) is 0 Å². The zero-order valence-corrected chi connectivity index (χ0v) is 13.1. The normalized spacial score (nSPS) is 19.8. The maximum absolute atomic E-state index is 11.4. The van der Waals surface area contributed by atoms with Crippen molar-refractivity contribution in [1.29, 1.82) is 0 Å². The molecule has 1 aromatic carbocycles. The Bertz CT molecular complexity index is 511. The Morgan fingerprint density at radius 3 is 2.35 bits per heavy atom. The Kier molecular flexibility index (Phi) is 5.05. The maximum Gasteiger partial charge on any atom is 0.153 e. The number of anilines is 1. The molecule has 0 amide bonds. The van der Waals surface area contributed by atoms with Gasteiger partial charge in [-0.25, -0.2) is 8.42 Å². The van der Waals surface area contributed by atoms with E-state index in [1.165, 1.54) is 5.56 Å². The van der Waals surface area contributed by atoms with Crippen LogP contribution < -0.4 is 10.2 Å². The Morgan fingerprint density at radius 1 is 1.20 bits per heavy atom. The lowest BCUT2D eigenvalue weighted by Gasteiger charge is -2.29. The first-order chi connectivity index (χ1) is 9.52. The van der Waals surface area contributed by atoms with Crippen LogP contribution in [0.4, 0.5) is 5.69 Å². The molecule has 1 heterocycles. The third-order valence-corrected chi connectivity index (χ3v) is 5.41. The highest BCUT2D eigenvalue weighted by molar-refractivity contribution is 7.91. The van der Waals surface area contributed by atoms with Gasteiger partial charge >= 0.3 is 0 Å². The first kappa shape index (κ1) is 15.3. The molecule has 1 aliphatic rings. The lowest BCUT2D eigenvalue weighted by Crippen LogP contribution is -2.40. The fourth-order valence-corrected chi connectivity index (χ4v) is 3.62. The van der Waals surface area contributed by atoms with Crippen LogP contribution in [0.5, 0.6) is 0 Å². The van der Waals surface area contributed by atoms with Crippen molar-refractivity contribution in [3.05, 3.63) is 29.8 Å². The monoisotopic (exact) mass is 296 g/mol. The van der Waals surface area contributed by atoms with Crippen LogP contribution >= 0.6 is 0 Å². The van der Waals surface area contributed by atoms with Gasteiger partial charge in [0, 0.05) is 24.8 Å². The number of hydrogen-bond acceptors (Lipinski definition) is 4. The van der Waals surface area contributed by atoms with Crippen LogP contribution in [-0.4, -0.2) is 39.6 Å². The van der Waals surface area contributed by atoms with Crippen LogP contribution in [0.2, 0.25) is 0 Å². The summed E-state index contributed by atoms with van der Waals surface area (Å²) in [6, 6.07) is 8.80. The van der Waals surface area contributed by atoms with E-state index in [-0.39, 0.29) is 11.5 Å². The number of hydrogen-bond donors (Lipinski definition) is 1. The van der Waals surface area contributed by atoms with Gasteiger partial charge in [-0.3, -0.25) is 0 Å². The summed E-state index contributed by atoms with van der Waals surface area (Å²) in [6.45, 7) is 6.55. The van der Waals surface area contributed by atoms with Crippen molar-refractivity contribution in [2.24, 2.45) is 0 Å². The molecule has 2 rings (SSSR count). The van der Waals surface area contributed by atoms with Crippen LogP contribution in [0.1, 0.15) is 31.9 Å². The van der Waals surface area contributed by atoms with E-state index < -0.39 is 9.84 Å². The van der Waals surface area contributed by atoms with E-state index in [0.29, 0.717) is 19.1 Å². The summed E-state index contributed by atoms with van der Waals surface area (Å²) in [6.07, 6.45) is 1.13. The van der Waals surface area contributed by atoms with Crippen LogP contribution in [0, 0.1) is 0 Å². The number of rotatable bonds is 5. The Hall–Kier alpha value is -1.07. The van der Waals surface area contributed by atoms with Gasteiger partial charge in [-0.05, 0) is 37.6 Å². The number of nitrogens with one attached hydrogen (secondary N) is 1. The van der Waals surface area contributed by atoms with E-state index in [0.717, 1.165) is 18.7 Å². The van der Waals surface area contributed by atoms with Gasteiger partial charge in [0.2, 0.25) is 0 Å². The third kappa shape index (κ3) is 3.96. The molecule has 1 atom stereocenters. The van der Waals surface area contributed by atoms with E-state index in [4.69, 9.17) is 0 Å². The van der Waals surface area contributed by atoms with Gasteiger partial charge in [0.05, 0.1) is 11.5 Å². The SMILES string of the molecule is CCCNC(C)c1ccc(N2CCS(=O)(=O)CC2)cc1. The molecule has 0 spiro atoms. The summed E-state index contributed by atoms with van der Waals surface area (Å²) in [5, 5.41) is 3.47. The highest BCUT2D eigenvalue weighted by atomic mass is 32.2. The highest BCUT2D eigenvalue weighted by Gasteiger charge is 2.21. The lowest BCUT2D eigenvalue weighted by molar-refractivity contribution is 0.570. The second-order valence-corrected chi connectivity index (χ2v) is 7.71. The molecule has 0 aromatic heterocycles. The maximum atomic E-state index is 11.4. The molecule has 5 heteroatoms. The van der Waals surface area contributed by atoms with E-state index >= 15 is 0 Å². The Morgan fingerprint density at radius 2 is 1.80 bits per heavy atom. The predicted octanol–water partition coefficient (Wildman–Crippen LogP) is 1.98. The molecule has 1 aromatic rings. The van der Waals surface area contributed by atoms with E-state index in [2.05, 4.69) is 48.3 Å². The van der Waals surface area contributed by atoms with Crippen molar-refractivity contribution in [2.75, 3.05) is 36.0 Å². The summed E-state index contributed by atoms with van der Waals surface area (Å²) in [5.74, 6) is 0.534. The van der Waals surface area contributed by atoms with Crippen molar-refractivity contribution >= 4 is 15.5 Å². The molecule has 20 heavy (non-hydrogen) atoms. The second-order valence-electron chi connectivity index (χ2n) is 5.41. The molecule has 0 saturated carbocycles. The predicted molar refractivity (Wildman–Crippen MR) is 84.0 cm³/mol. The Balaban J connectivity index is 1.98. The molecule has 0 bridgehead atoms. The van der Waals surface area contributed by atoms with Gasteiger partial charge in [-0.15, -0.1) is 0 Å². The molecule has 1 fully saturated rings. The molecule has 1 aliphatic heterocycles. The van der Waals surface area contributed by atoms with Gasteiger partial charge in [0.25, 0.3) is 0 Å². The molecule has 4 nitrogen and oxygen atoms in total. The minimum Gasteiger partial charge on any atom is -0.369 e. The number of benzene rings is 1. The largest absolute Gasteiger partial charge is 0.369 e. The number of sulfone groups is 1. The van der Waals surface area contributed by atoms with Crippen LogP contribution in [0.3, 0.4) is 0 Å². The van der Waals surface area contributed by atoms with Crippen molar-refractivity contribution in [3.63, 3.8) is 0 Å². The fraction of sp³-hybridized carbons (Fsp3) is 0.600. The Labute approximate surface area is 122 Å². The summed E-state index contributed by atoms with van der Waals surface area (Å²) >= 11 is 0. The first-order valence-corrected chi connectivity index (χ1v) is 9.12. The average Bonchev–Trinajstić information content (AvgIpc) is 2.45. The van der Waals surface area contributed by atoms with E-state index in [1.807, 2.05) is 0 Å². The molecule has 1 unspecified atom stereocenters. The molecule has 0 radical (unpaired) electrons. The van der Waals surface area contributed by atoms with Gasteiger partial charge in [-0.1, -0.05) is 19.1 Å². The molecular formula is C15H24N2O2S. The van der Waals surface area contributed by atoms with Gasteiger partial charge in [0.15, 0.2) is 9.84 Å². The number of nitrogens with zero attached hydrogens (tertiary/aromatic N) is 1. The minimum atomic E-state index is -2.81. The van der Waals surface area contributed by atoms with Crippen molar-refractivity contribution in [1.82, 2.24) is 5.32 Å². The summed E-state index contributed by atoms with van der Waals surface area (Å²) in [4.78, 5) is 2.15. The van der Waals surface area contributed by atoms with Crippen LogP contribution in [-0.2, 0) is 9.84 Å². The average molecular weight is 296 g/mol. The molecule has 0 aliphatic carbocycles. The first-order valence-electron chi connectivity index (χ1n) is 7.30. The summed E-state index contributed by atoms with van der Waals surface area (Å²) in [7, 11) is -2.81. The lowest BCUT2D eigenvalue weighted by atomic mass is 10.1. The minimum absolute atomic E-state index is 0.267. The van der Waals surface area contributed by atoms with E-state index in [9.17, 15) is 8.42 Å².